The first-order valence-electron chi connectivity index (χ1n) is 8.33. The first kappa shape index (κ1) is 19.9. The molecule has 0 rings (SSSR count). The predicted molar refractivity (Wildman–Crippen MR) is 91.4 cm³/mol. The van der Waals surface area contributed by atoms with Gasteiger partial charge in [-0.3, -0.25) is 0 Å². The highest BCUT2D eigenvalue weighted by Gasteiger charge is 2.24. The molecule has 0 saturated carbocycles. The van der Waals surface area contributed by atoms with E-state index in [1.165, 1.54) is 38.9 Å². The van der Waals surface area contributed by atoms with Crippen molar-refractivity contribution in [1.82, 2.24) is 15.1 Å². The molecule has 122 valence electrons. The van der Waals surface area contributed by atoms with Crippen molar-refractivity contribution >= 4 is 0 Å². The summed E-state index contributed by atoms with van der Waals surface area (Å²) in [5.74, 6) is 0.735. The van der Waals surface area contributed by atoms with E-state index in [9.17, 15) is 0 Å². The average Bonchev–Trinajstić information content (AvgIpc) is 2.27. The first-order chi connectivity index (χ1) is 9.29. The zero-order valence-corrected chi connectivity index (χ0v) is 15.1. The maximum absolute atomic E-state index is 3.66. The Morgan fingerprint density at radius 2 is 1.75 bits per heavy atom. The Bertz CT molecular complexity index is 228. The van der Waals surface area contributed by atoms with E-state index < -0.39 is 0 Å². The Morgan fingerprint density at radius 3 is 2.25 bits per heavy atom. The molecule has 20 heavy (non-hydrogen) atoms. The lowest BCUT2D eigenvalue weighted by atomic mass is 9.84. The van der Waals surface area contributed by atoms with Crippen molar-refractivity contribution in [2.75, 3.05) is 53.9 Å². The van der Waals surface area contributed by atoms with Gasteiger partial charge in [0, 0.05) is 13.1 Å². The van der Waals surface area contributed by atoms with Gasteiger partial charge in [0.05, 0.1) is 0 Å². The van der Waals surface area contributed by atoms with E-state index in [0.717, 1.165) is 19.0 Å². The molecule has 0 fully saturated rings. The summed E-state index contributed by atoms with van der Waals surface area (Å²) in [4.78, 5) is 4.78. The smallest absolute Gasteiger partial charge is 0.00444 e. The second kappa shape index (κ2) is 10.6. The van der Waals surface area contributed by atoms with E-state index in [1.807, 2.05) is 0 Å². The van der Waals surface area contributed by atoms with Crippen LogP contribution in [0.1, 0.15) is 47.0 Å². The van der Waals surface area contributed by atoms with Crippen LogP contribution >= 0.6 is 0 Å². The van der Waals surface area contributed by atoms with Crippen LogP contribution in [0.3, 0.4) is 0 Å². The van der Waals surface area contributed by atoms with Crippen LogP contribution in [0.25, 0.3) is 0 Å². The van der Waals surface area contributed by atoms with Crippen LogP contribution in [0.4, 0.5) is 0 Å². The summed E-state index contributed by atoms with van der Waals surface area (Å²) in [7, 11) is 6.57. The molecule has 0 amide bonds. The molecular weight excluding hydrogens is 246 g/mol. The second-order valence-corrected chi connectivity index (χ2v) is 7.48. The third-order valence-electron chi connectivity index (χ3n) is 3.75. The van der Waals surface area contributed by atoms with Gasteiger partial charge in [-0.15, -0.1) is 0 Å². The van der Waals surface area contributed by atoms with E-state index in [2.05, 4.69) is 64.0 Å². The van der Waals surface area contributed by atoms with Crippen molar-refractivity contribution in [3.05, 3.63) is 0 Å². The van der Waals surface area contributed by atoms with Gasteiger partial charge in [0.1, 0.15) is 0 Å². The van der Waals surface area contributed by atoms with Crippen LogP contribution in [0, 0.1) is 11.3 Å². The summed E-state index contributed by atoms with van der Waals surface area (Å²) in [5.41, 5.74) is 0.399. The molecule has 0 spiro atoms. The Morgan fingerprint density at radius 1 is 1.10 bits per heavy atom. The minimum Gasteiger partial charge on any atom is -0.316 e. The molecule has 0 bridgehead atoms. The topological polar surface area (TPSA) is 18.5 Å². The fraction of sp³-hybridized carbons (Fsp3) is 1.00. The Kier molecular flexibility index (Phi) is 10.5. The van der Waals surface area contributed by atoms with Gasteiger partial charge < -0.3 is 15.1 Å². The van der Waals surface area contributed by atoms with E-state index in [1.54, 1.807) is 0 Å². The molecule has 0 aromatic rings. The Labute approximate surface area is 128 Å². The molecule has 1 atom stereocenters. The monoisotopic (exact) mass is 285 g/mol. The van der Waals surface area contributed by atoms with E-state index in [4.69, 9.17) is 0 Å². The van der Waals surface area contributed by atoms with Crippen molar-refractivity contribution in [2.24, 2.45) is 11.3 Å². The van der Waals surface area contributed by atoms with Gasteiger partial charge in [0.25, 0.3) is 0 Å². The average molecular weight is 286 g/mol. The van der Waals surface area contributed by atoms with Gasteiger partial charge in [0.15, 0.2) is 0 Å². The molecule has 0 aliphatic rings. The number of hydrogen-bond donors (Lipinski definition) is 1. The maximum atomic E-state index is 3.66. The summed E-state index contributed by atoms with van der Waals surface area (Å²) < 4.78 is 0. The zero-order chi connectivity index (χ0) is 15.6. The highest BCUT2D eigenvalue weighted by atomic mass is 15.1. The van der Waals surface area contributed by atoms with Crippen LogP contribution in [0.2, 0.25) is 0 Å². The van der Waals surface area contributed by atoms with Crippen molar-refractivity contribution < 1.29 is 0 Å². The van der Waals surface area contributed by atoms with Gasteiger partial charge in [-0.05, 0) is 65.0 Å². The number of nitrogens with one attached hydrogen (secondary N) is 1. The normalized spacial score (nSPS) is 15.3. The summed E-state index contributed by atoms with van der Waals surface area (Å²) >= 11 is 0. The summed E-state index contributed by atoms with van der Waals surface area (Å²) in [6.07, 6.45) is 3.83. The summed E-state index contributed by atoms with van der Waals surface area (Å²) in [6.45, 7) is 15.1. The molecular formula is C17H39N3. The first-order valence-corrected chi connectivity index (χ1v) is 8.33. The Hall–Kier alpha value is -0.120. The zero-order valence-electron chi connectivity index (χ0n) is 15.1. The molecule has 0 aliphatic carbocycles. The maximum Gasteiger partial charge on any atom is 0.00444 e. The van der Waals surface area contributed by atoms with Gasteiger partial charge in [-0.2, -0.15) is 0 Å². The molecule has 0 heterocycles. The molecule has 3 heteroatoms. The highest BCUT2D eigenvalue weighted by molar-refractivity contribution is 4.80. The summed E-state index contributed by atoms with van der Waals surface area (Å²) in [5, 5.41) is 3.66. The second-order valence-electron chi connectivity index (χ2n) is 7.48. The molecule has 3 nitrogen and oxygen atoms in total. The molecule has 0 aromatic heterocycles. The molecule has 1 N–H and O–H groups in total. The Balaban J connectivity index is 4.14. The lowest BCUT2D eigenvalue weighted by Crippen LogP contribution is -2.42. The van der Waals surface area contributed by atoms with E-state index in [-0.39, 0.29) is 0 Å². The number of nitrogens with zero attached hydrogens (tertiary/aromatic N) is 2. The van der Waals surface area contributed by atoms with Crippen molar-refractivity contribution in [3.63, 3.8) is 0 Å². The minimum atomic E-state index is 0.399. The largest absolute Gasteiger partial charge is 0.316 e. The standard InChI is InChI=1S/C17H39N3/c1-8-10-17(4,14-18-13-16(2)3)15-20(7)12-9-11-19(5)6/h16,18H,8-15H2,1-7H3. The molecule has 0 saturated heterocycles. The lowest BCUT2D eigenvalue weighted by Gasteiger charge is -2.34. The van der Waals surface area contributed by atoms with Crippen LogP contribution in [-0.4, -0.2) is 63.7 Å². The number of hydrogen-bond acceptors (Lipinski definition) is 3. The lowest BCUT2D eigenvalue weighted by molar-refractivity contribution is 0.167. The fourth-order valence-corrected chi connectivity index (χ4v) is 2.88. The van der Waals surface area contributed by atoms with Gasteiger partial charge in [-0.1, -0.05) is 34.1 Å². The van der Waals surface area contributed by atoms with Crippen molar-refractivity contribution in [1.29, 1.82) is 0 Å². The van der Waals surface area contributed by atoms with Crippen LogP contribution in [-0.2, 0) is 0 Å². The van der Waals surface area contributed by atoms with Gasteiger partial charge in [0.2, 0.25) is 0 Å². The SMILES string of the molecule is CCCC(C)(CNCC(C)C)CN(C)CCCN(C)C. The molecule has 1 unspecified atom stereocenters. The van der Waals surface area contributed by atoms with Crippen LogP contribution in [0.15, 0.2) is 0 Å². The predicted octanol–water partition coefficient (Wildman–Crippen LogP) is 2.92. The van der Waals surface area contributed by atoms with Crippen molar-refractivity contribution in [2.45, 2.75) is 47.0 Å². The van der Waals surface area contributed by atoms with Gasteiger partial charge >= 0.3 is 0 Å². The third kappa shape index (κ3) is 10.6. The highest BCUT2D eigenvalue weighted by Crippen LogP contribution is 2.23. The molecule has 0 aromatic carbocycles. The van der Waals surface area contributed by atoms with Gasteiger partial charge in [-0.25, -0.2) is 0 Å². The van der Waals surface area contributed by atoms with Crippen LogP contribution in [0.5, 0.6) is 0 Å². The van der Waals surface area contributed by atoms with Crippen molar-refractivity contribution in [3.8, 4) is 0 Å². The van der Waals surface area contributed by atoms with E-state index >= 15 is 0 Å². The minimum absolute atomic E-state index is 0.399. The molecule has 0 radical (unpaired) electrons. The summed E-state index contributed by atoms with van der Waals surface area (Å²) in [6, 6.07) is 0. The van der Waals surface area contributed by atoms with E-state index in [0.29, 0.717) is 5.41 Å². The molecule has 0 aliphatic heterocycles. The number of rotatable bonds is 12. The fourth-order valence-electron chi connectivity index (χ4n) is 2.88. The quantitative estimate of drug-likeness (QED) is 0.595. The third-order valence-corrected chi connectivity index (χ3v) is 3.75. The van der Waals surface area contributed by atoms with Crippen LogP contribution < -0.4 is 5.32 Å².